The number of alkyl halides is 1. The molecule has 0 unspecified atom stereocenters. The second-order valence-corrected chi connectivity index (χ2v) is 5.75. The monoisotopic (exact) mass is 332 g/mol. The summed E-state index contributed by atoms with van der Waals surface area (Å²) in [6.45, 7) is 2.18. The van der Waals surface area contributed by atoms with E-state index < -0.39 is 11.6 Å². The Morgan fingerprint density at radius 2 is 1.74 bits per heavy atom. The van der Waals surface area contributed by atoms with Gasteiger partial charge in [0.1, 0.15) is 0 Å². The molecular weight excluding hydrogens is 314 g/mol. The van der Waals surface area contributed by atoms with Gasteiger partial charge in [-0.1, -0.05) is 29.3 Å². The van der Waals surface area contributed by atoms with E-state index in [9.17, 15) is 8.78 Å². The number of ether oxygens (including phenoxy) is 1. The SMILES string of the molecule is CCC1CCC(Oc2c(F)cc(CBr)cc2F)CC1. The highest BCUT2D eigenvalue weighted by Crippen LogP contribution is 2.32. The molecule has 1 aromatic rings. The van der Waals surface area contributed by atoms with Crippen LogP contribution in [-0.4, -0.2) is 6.10 Å². The van der Waals surface area contributed by atoms with E-state index >= 15 is 0 Å². The molecule has 0 atom stereocenters. The second kappa shape index (κ2) is 6.69. The molecule has 0 amide bonds. The van der Waals surface area contributed by atoms with E-state index in [2.05, 4.69) is 22.9 Å². The van der Waals surface area contributed by atoms with Gasteiger partial charge in [0.05, 0.1) is 6.10 Å². The van der Waals surface area contributed by atoms with Gasteiger partial charge in [-0.2, -0.15) is 0 Å². The molecule has 0 N–H and O–H groups in total. The first kappa shape index (κ1) is 14.8. The minimum atomic E-state index is -0.605. The minimum Gasteiger partial charge on any atom is -0.484 e. The summed E-state index contributed by atoms with van der Waals surface area (Å²) < 4.78 is 33.2. The molecule has 106 valence electrons. The molecule has 0 saturated heterocycles. The van der Waals surface area contributed by atoms with Gasteiger partial charge in [0.2, 0.25) is 0 Å². The molecule has 1 aliphatic carbocycles. The van der Waals surface area contributed by atoms with Crippen LogP contribution in [0.1, 0.15) is 44.6 Å². The molecule has 2 rings (SSSR count). The number of halogens is 3. The number of hydrogen-bond acceptors (Lipinski definition) is 1. The van der Waals surface area contributed by atoms with Crippen molar-refractivity contribution >= 4 is 15.9 Å². The first-order valence-corrected chi connectivity index (χ1v) is 7.96. The molecule has 0 spiro atoms. The molecule has 0 aliphatic heterocycles. The van der Waals surface area contributed by atoms with Crippen molar-refractivity contribution < 1.29 is 13.5 Å². The van der Waals surface area contributed by atoms with E-state index in [-0.39, 0.29) is 11.9 Å². The van der Waals surface area contributed by atoms with Crippen LogP contribution in [0.15, 0.2) is 12.1 Å². The molecule has 1 fully saturated rings. The number of benzene rings is 1. The van der Waals surface area contributed by atoms with Crippen LogP contribution in [0.3, 0.4) is 0 Å². The normalized spacial score (nSPS) is 23.4. The predicted molar refractivity (Wildman–Crippen MR) is 75.7 cm³/mol. The molecule has 0 radical (unpaired) electrons. The maximum absolute atomic E-state index is 13.8. The molecule has 1 aliphatic rings. The molecule has 0 bridgehead atoms. The largest absolute Gasteiger partial charge is 0.484 e. The van der Waals surface area contributed by atoms with Gasteiger partial charge in [0.25, 0.3) is 0 Å². The fourth-order valence-corrected chi connectivity index (χ4v) is 2.95. The lowest BCUT2D eigenvalue weighted by molar-refractivity contribution is 0.119. The van der Waals surface area contributed by atoms with Crippen molar-refractivity contribution in [2.45, 2.75) is 50.5 Å². The summed E-state index contributed by atoms with van der Waals surface area (Å²) in [6.07, 6.45) is 5.07. The Hall–Kier alpha value is -0.640. The lowest BCUT2D eigenvalue weighted by Crippen LogP contribution is -2.24. The summed E-state index contributed by atoms with van der Waals surface area (Å²) in [5.41, 5.74) is 0.581. The molecular formula is C15H19BrF2O. The Balaban J connectivity index is 2.03. The second-order valence-electron chi connectivity index (χ2n) is 5.19. The quantitative estimate of drug-likeness (QED) is 0.688. The topological polar surface area (TPSA) is 9.23 Å². The molecule has 4 heteroatoms. The van der Waals surface area contributed by atoms with Crippen molar-refractivity contribution in [3.8, 4) is 5.75 Å². The molecule has 1 aromatic carbocycles. The van der Waals surface area contributed by atoms with Crippen molar-refractivity contribution in [1.82, 2.24) is 0 Å². The summed E-state index contributed by atoms with van der Waals surface area (Å²) in [7, 11) is 0. The average molecular weight is 333 g/mol. The summed E-state index contributed by atoms with van der Waals surface area (Å²) >= 11 is 3.19. The Bertz CT molecular complexity index is 405. The van der Waals surface area contributed by atoms with Crippen LogP contribution >= 0.6 is 15.9 Å². The molecule has 0 heterocycles. The summed E-state index contributed by atoms with van der Waals surface area (Å²) in [5.74, 6) is -0.686. The Kier molecular flexibility index (Phi) is 5.20. The zero-order chi connectivity index (χ0) is 13.8. The van der Waals surface area contributed by atoms with Crippen molar-refractivity contribution in [2.75, 3.05) is 0 Å². The molecule has 0 aromatic heterocycles. The van der Waals surface area contributed by atoms with Crippen LogP contribution < -0.4 is 4.74 Å². The van der Waals surface area contributed by atoms with Crippen molar-refractivity contribution in [2.24, 2.45) is 5.92 Å². The van der Waals surface area contributed by atoms with Crippen LogP contribution in [0.4, 0.5) is 8.78 Å². The third-order valence-electron chi connectivity index (χ3n) is 3.87. The summed E-state index contributed by atoms with van der Waals surface area (Å²) in [4.78, 5) is 0. The first-order chi connectivity index (χ1) is 9.13. The van der Waals surface area contributed by atoms with E-state index in [0.29, 0.717) is 10.9 Å². The first-order valence-electron chi connectivity index (χ1n) is 6.84. The van der Waals surface area contributed by atoms with Crippen molar-refractivity contribution in [3.05, 3.63) is 29.3 Å². The van der Waals surface area contributed by atoms with Gasteiger partial charge in [-0.05, 0) is 49.3 Å². The molecule has 19 heavy (non-hydrogen) atoms. The Morgan fingerprint density at radius 1 is 1.16 bits per heavy atom. The number of rotatable bonds is 4. The fraction of sp³-hybridized carbons (Fsp3) is 0.600. The predicted octanol–water partition coefficient (Wildman–Crippen LogP) is 5.21. The van der Waals surface area contributed by atoms with Crippen LogP contribution in [0.2, 0.25) is 0 Å². The van der Waals surface area contributed by atoms with Gasteiger partial charge >= 0.3 is 0 Å². The van der Waals surface area contributed by atoms with Crippen LogP contribution in [-0.2, 0) is 5.33 Å². The van der Waals surface area contributed by atoms with E-state index in [4.69, 9.17) is 4.74 Å². The van der Waals surface area contributed by atoms with Crippen LogP contribution in [0.25, 0.3) is 0 Å². The van der Waals surface area contributed by atoms with Gasteiger partial charge in [0, 0.05) is 5.33 Å². The zero-order valence-electron chi connectivity index (χ0n) is 11.1. The highest BCUT2D eigenvalue weighted by Gasteiger charge is 2.23. The van der Waals surface area contributed by atoms with Crippen LogP contribution in [0.5, 0.6) is 5.75 Å². The summed E-state index contributed by atoms with van der Waals surface area (Å²) in [5, 5.41) is 0.433. The highest BCUT2D eigenvalue weighted by atomic mass is 79.9. The minimum absolute atomic E-state index is 0.0541. The third kappa shape index (κ3) is 3.68. The van der Waals surface area contributed by atoms with Gasteiger partial charge in [-0.25, -0.2) is 8.78 Å². The highest BCUT2D eigenvalue weighted by molar-refractivity contribution is 9.08. The molecule has 1 saturated carbocycles. The smallest absolute Gasteiger partial charge is 0.191 e. The van der Waals surface area contributed by atoms with Gasteiger partial charge in [-0.15, -0.1) is 0 Å². The van der Waals surface area contributed by atoms with E-state index in [1.807, 2.05) is 0 Å². The number of hydrogen-bond donors (Lipinski definition) is 0. The van der Waals surface area contributed by atoms with Crippen molar-refractivity contribution in [1.29, 1.82) is 0 Å². The summed E-state index contributed by atoms with van der Waals surface area (Å²) in [6, 6.07) is 2.65. The Morgan fingerprint density at radius 3 is 2.21 bits per heavy atom. The van der Waals surface area contributed by atoms with Crippen molar-refractivity contribution in [3.63, 3.8) is 0 Å². The average Bonchev–Trinajstić information content (AvgIpc) is 2.43. The lowest BCUT2D eigenvalue weighted by atomic mass is 9.86. The van der Waals surface area contributed by atoms with Gasteiger partial charge in [-0.3, -0.25) is 0 Å². The Labute approximate surface area is 121 Å². The molecule has 1 nitrogen and oxygen atoms in total. The maximum Gasteiger partial charge on any atom is 0.191 e. The van der Waals surface area contributed by atoms with E-state index in [0.717, 1.165) is 31.6 Å². The third-order valence-corrected chi connectivity index (χ3v) is 4.52. The fourth-order valence-electron chi connectivity index (χ4n) is 2.63. The zero-order valence-corrected chi connectivity index (χ0v) is 12.7. The standard InChI is InChI=1S/C15H19BrF2O/c1-2-10-3-5-12(6-4-10)19-15-13(17)7-11(9-16)8-14(15)18/h7-8,10,12H,2-6,9H2,1H3. The van der Waals surface area contributed by atoms with E-state index in [1.165, 1.54) is 18.6 Å². The lowest BCUT2D eigenvalue weighted by Gasteiger charge is -2.28. The maximum atomic E-state index is 13.8. The van der Waals surface area contributed by atoms with E-state index in [1.54, 1.807) is 0 Å². The van der Waals surface area contributed by atoms with Crippen LogP contribution in [0, 0.1) is 17.6 Å². The van der Waals surface area contributed by atoms with Gasteiger partial charge < -0.3 is 4.74 Å². The van der Waals surface area contributed by atoms with Gasteiger partial charge in [0.15, 0.2) is 17.4 Å².